The molecular weight excluding hydrogens is 338 g/mol. The minimum absolute atomic E-state index is 0.0240. The van der Waals surface area contributed by atoms with E-state index < -0.39 is 17.6 Å². The fraction of sp³-hybridized carbons (Fsp3) is 0.176. The van der Waals surface area contributed by atoms with E-state index in [9.17, 15) is 18.4 Å². The monoisotopic (exact) mass is 350 g/mol. The number of hydrogen-bond acceptors (Lipinski definition) is 2. The number of carbonyl (C=O) groups excluding carboxylic acids is 2. The molecule has 0 saturated carbocycles. The smallest absolute Gasteiger partial charge is 0.229 e. The Bertz CT molecular complexity index is 813. The second-order valence-electron chi connectivity index (χ2n) is 5.50. The van der Waals surface area contributed by atoms with Gasteiger partial charge in [-0.05, 0) is 36.4 Å². The zero-order valence-corrected chi connectivity index (χ0v) is 13.2. The van der Waals surface area contributed by atoms with E-state index in [4.69, 9.17) is 11.6 Å². The molecule has 24 heavy (non-hydrogen) atoms. The molecule has 1 fully saturated rings. The number of nitrogens with zero attached hydrogens (tertiary/aromatic N) is 1. The Morgan fingerprint density at radius 3 is 2.71 bits per heavy atom. The summed E-state index contributed by atoms with van der Waals surface area (Å²) < 4.78 is 26.4. The van der Waals surface area contributed by atoms with Gasteiger partial charge in [0.15, 0.2) is 0 Å². The first-order valence-corrected chi connectivity index (χ1v) is 7.63. The van der Waals surface area contributed by atoms with Crippen molar-refractivity contribution in [2.24, 2.45) is 5.92 Å². The van der Waals surface area contributed by atoms with E-state index in [1.165, 1.54) is 41.3 Å². The molecule has 1 heterocycles. The molecule has 124 valence electrons. The molecule has 0 bridgehead atoms. The Morgan fingerprint density at radius 1 is 1.21 bits per heavy atom. The highest BCUT2D eigenvalue weighted by Crippen LogP contribution is 2.29. The first-order valence-electron chi connectivity index (χ1n) is 7.26. The van der Waals surface area contributed by atoms with Crippen LogP contribution >= 0.6 is 11.6 Å². The van der Waals surface area contributed by atoms with Crippen molar-refractivity contribution in [3.8, 4) is 0 Å². The van der Waals surface area contributed by atoms with Gasteiger partial charge < -0.3 is 10.2 Å². The molecule has 0 radical (unpaired) electrons. The minimum Gasteiger partial charge on any atom is -0.326 e. The third-order valence-electron chi connectivity index (χ3n) is 3.80. The first-order chi connectivity index (χ1) is 11.4. The number of halogens is 3. The fourth-order valence-corrected chi connectivity index (χ4v) is 2.77. The van der Waals surface area contributed by atoms with Gasteiger partial charge in [0.05, 0.1) is 10.9 Å². The molecule has 1 atom stereocenters. The van der Waals surface area contributed by atoms with Gasteiger partial charge in [0.25, 0.3) is 0 Å². The van der Waals surface area contributed by atoms with Gasteiger partial charge in [-0.1, -0.05) is 17.7 Å². The van der Waals surface area contributed by atoms with Crippen molar-refractivity contribution in [2.45, 2.75) is 6.42 Å². The molecule has 3 rings (SSSR count). The van der Waals surface area contributed by atoms with Gasteiger partial charge in [-0.25, -0.2) is 8.78 Å². The lowest BCUT2D eigenvalue weighted by atomic mass is 10.1. The highest BCUT2D eigenvalue weighted by atomic mass is 35.5. The van der Waals surface area contributed by atoms with Crippen molar-refractivity contribution in [1.29, 1.82) is 0 Å². The van der Waals surface area contributed by atoms with E-state index in [2.05, 4.69) is 5.32 Å². The maximum Gasteiger partial charge on any atom is 0.229 e. The normalized spacial score (nSPS) is 17.2. The van der Waals surface area contributed by atoms with Crippen molar-refractivity contribution < 1.29 is 18.4 Å². The number of carbonyl (C=O) groups is 2. The van der Waals surface area contributed by atoms with E-state index in [0.29, 0.717) is 11.4 Å². The fourth-order valence-electron chi connectivity index (χ4n) is 2.60. The van der Waals surface area contributed by atoms with Crippen LogP contribution < -0.4 is 10.2 Å². The van der Waals surface area contributed by atoms with Crippen molar-refractivity contribution in [2.75, 3.05) is 16.8 Å². The quantitative estimate of drug-likeness (QED) is 0.919. The summed E-state index contributed by atoms with van der Waals surface area (Å²) in [7, 11) is 0. The van der Waals surface area contributed by atoms with E-state index in [0.717, 1.165) is 0 Å². The van der Waals surface area contributed by atoms with Crippen LogP contribution in [-0.2, 0) is 9.59 Å². The Kier molecular flexibility index (Phi) is 4.49. The van der Waals surface area contributed by atoms with Crippen LogP contribution in [0, 0.1) is 17.6 Å². The van der Waals surface area contributed by atoms with Gasteiger partial charge in [0.1, 0.15) is 11.6 Å². The lowest BCUT2D eigenvalue weighted by Gasteiger charge is -2.17. The molecule has 1 aliphatic rings. The topological polar surface area (TPSA) is 49.4 Å². The summed E-state index contributed by atoms with van der Waals surface area (Å²) >= 11 is 5.73. The molecular formula is C17H13ClF2N2O2. The van der Waals surface area contributed by atoms with E-state index in [1.54, 1.807) is 6.07 Å². The Hall–Kier alpha value is -2.47. The summed E-state index contributed by atoms with van der Waals surface area (Å²) in [6.07, 6.45) is 0.0240. The van der Waals surface area contributed by atoms with Gasteiger partial charge in [-0.3, -0.25) is 9.59 Å². The molecule has 0 aliphatic carbocycles. The molecule has 1 N–H and O–H groups in total. The number of amides is 2. The molecule has 1 saturated heterocycles. The van der Waals surface area contributed by atoms with Gasteiger partial charge in [-0.15, -0.1) is 0 Å². The van der Waals surface area contributed by atoms with Crippen LogP contribution in [-0.4, -0.2) is 18.4 Å². The van der Waals surface area contributed by atoms with Crippen LogP contribution in [0.4, 0.5) is 20.2 Å². The van der Waals surface area contributed by atoms with Crippen LogP contribution in [0.25, 0.3) is 0 Å². The molecule has 4 nitrogen and oxygen atoms in total. The summed E-state index contributed by atoms with van der Waals surface area (Å²) in [5.74, 6) is -2.24. The lowest BCUT2D eigenvalue weighted by Crippen LogP contribution is -2.28. The molecule has 2 aromatic carbocycles. The highest BCUT2D eigenvalue weighted by Gasteiger charge is 2.35. The Balaban J connectivity index is 1.72. The highest BCUT2D eigenvalue weighted by molar-refractivity contribution is 6.31. The zero-order chi connectivity index (χ0) is 17.3. The molecule has 2 amide bonds. The third kappa shape index (κ3) is 3.38. The molecule has 7 heteroatoms. The van der Waals surface area contributed by atoms with Gasteiger partial charge in [0, 0.05) is 24.3 Å². The molecule has 1 unspecified atom stereocenters. The second-order valence-corrected chi connectivity index (χ2v) is 5.91. The second kappa shape index (κ2) is 6.57. The molecule has 0 aromatic heterocycles. The van der Waals surface area contributed by atoms with Crippen molar-refractivity contribution in [3.63, 3.8) is 0 Å². The summed E-state index contributed by atoms with van der Waals surface area (Å²) in [6, 6.07) is 9.48. The standard InChI is InChI=1S/C17H13ClF2N2O2/c18-14-8-13(4-5-15(14)20)22-9-10(6-16(22)23)17(24)21-12-3-1-2-11(19)7-12/h1-5,7-8,10H,6,9H2,(H,21,24). The number of hydrogen-bond donors (Lipinski definition) is 1. The average Bonchev–Trinajstić information content (AvgIpc) is 2.92. The van der Waals surface area contributed by atoms with Crippen LogP contribution in [0.15, 0.2) is 42.5 Å². The van der Waals surface area contributed by atoms with Gasteiger partial charge in [-0.2, -0.15) is 0 Å². The van der Waals surface area contributed by atoms with Crippen molar-refractivity contribution in [3.05, 3.63) is 59.1 Å². The Morgan fingerprint density at radius 2 is 2.00 bits per heavy atom. The summed E-state index contributed by atoms with van der Waals surface area (Å²) in [5.41, 5.74) is 0.767. The number of anilines is 2. The maximum absolute atomic E-state index is 13.2. The average molecular weight is 351 g/mol. The van der Waals surface area contributed by atoms with Crippen molar-refractivity contribution >= 4 is 34.8 Å². The molecule has 0 spiro atoms. The predicted molar refractivity (Wildman–Crippen MR) is 86.9 cm³/mol. The summed E-state index contributed by atoms with van der Waals surface area (Å²) in [5, 5.41) is 2.50. The molecule has 2 aromatic rings. The van der Waals surface area contributed by atoms with E-state index >= 15 is 0 Å². The Labute approximate surface area is 142 Å². The van der Waals surface area contributed by atoms with E-state index in [-0.39, 0.29) is 29.8 Å². The lowest BCUT2D eigenvalue weighted by molar-refractivity contribution is -0.122. The largest absolute Gasteiger partial charge is 0.326 e. The summed E-state index contributed by atoms with van der Waals surface area (Å²) in [6.45, 7) is 0.155. The zero-order valence-electron chi connectivity index (χ0n) is 12.4. The summed E-state index contributed by atoms with van der Waals surface area (Å²) in [4.78, 5) is 25.8. The van der Waals surface area contributed by atoms with Gasteiger partial charge in [0.2, 0.25) is 11.8 Å². The van der Waals surface area contributed by atoms with Crippen LogP contribution in [0.1, 0.15) is 6.42 Å². The first kappa shape index (κ1) is 16.4. The SMILES string of the molecule is O=C(Nc1cccc(F)c1)C1CC(=O)N(c2ccc(F)c(Cl)c2)C1. The number of benzene rings is 2. The maximum atomic E-state index is 13.2. The predicted octanol–water partition coefficient (Wildman–Crippen LogP) is 3.61. The van der Waals surface area contributed by atoms with Crippen LogP contribution in [0.3, 0.4) is 0 Å². The number of nitrogens with one attached hydrogen (secondary N) is 1. The minimum atomic E-state index is -0.579. The van der Waals surface area contributed by atoms with Gasteiger partial charge >= 0.3 is 0 Å². The van der Waals surface area contributed by atoms with Crippen molar-refractivity contribution in [1.82, 2.24) is 0 Å². The van der Waals surface area contributed by atoms with Crippen LogP contribution in [0.5, 0.6) is 0 Å². The molecule has 1 aliphatic heterocycles. The number of rotatable bonds is 3. The van der Waals surface area contributed by atoms with Crippen LogP contribution in [0.2, 0.25) is 5.02 Å². The van der Waals surface area contributed by atoms with E-state index in [1.807, 2.05) is 0 Å². The third-order valence-corrected chi connectivity index (χ3v) is 4.09.